The van der Waals surface area contributed by atoms with E-state index in [4.69, 9.17) is 4.42 Å². The van der Waals surface area contributed by atoms with Gasteiger partial charge in [-0.1, -0.05) is 0 Å². The lowest BCUT2D eigenvalue weighted by atomic mass is 10.4. The molecule has 1 aliphatic carbocycles. The lowest BCUT2D eigenvalue weighted by molar-refractivity contribution is 0.0593. The molecule has 0 atom stereocenters. The molecule has 1 saturated carbocycles. The highest BCUT2D eigenvalue weighted by atomic mass is 16.5. The molecule has 0 saturated heterocycles. The Kier molecular flexibility index (Phi) is 1.83. The summed E-state index contributed by atoms with van der Waals surface area (Å²) in [5.41, 5.74) is 0.310. The number of hydrogen-bond acceptors (Lipinski definition) is 4. The monoisotopic (exact) mass is 181 g/mol. The van der Waals surface area contributed by atoms with Crippen molar-refractivity contribution in [2.75, 3.05) is 7.11 Å². The van der Waals surface area contributed by atoms with Crippen LogP contribution in [0.2, 0.25) is 0 Å². The Balaban J connectivity index is 2.29. The van der Waals surface area contributed by atoms with Gasteiger partial charge in [-0.15, -0.1) is 0 Å². The molecule has 4 nitrogen and oxygen atoms in total. The van der Waals surface area contributed by atoms with Gasteiger partial charge in [-0.25, -0.2) is 9.78 Å². The maximum absolute atomic E-state index is 11.1. The Morgan fingerprint density at radius 3 is 2.85 bits per heavy atom. The lowest BCUT2D eigenvalue weighted by Gasteiger charge is -1.91. The fourth-order valence-corrected chi connectivity index (χ4v) is 1.21. The fraction of sp³-hybridized carbons (Fsp3) is 0.556. The van der Waals surface area contributed by atoms with E-state index in [9.17, 15) is 4.79 Å². The van der Waals surface area contributed by atoms with E-state index in [2.05, 4.69) is 9.72 Å². The van der Waals surface area contributed by atoms with Crippen molar-refractivity contribution in [1.29, 1.82) is 0 Å². The third-order valence-electron chi connectivity index (χ3n) is 2.12. The summed E-state index contributed by atoms with van der Waals surface area (Å²) in [6.07, 6.45) is 2.22. The van der Waals surface area contributed by atoms with Gasteiger partial charge in [0.05, 0.1) is 7.11 Å². The van der Waals surface area contributed by atoms with Gasteiger partial charge in [0.25, 0.3) is 0 Å². The highest BCUT2D eigenvalue weighted by molar-refractivity contribution is 5.88. The molecule has 13 heavy (non-hydrogen) atoms. The van der Waals surface area contributed by atoms with Crippen molar-refractivity contribution in [2.24, 2.45) is 0 Å². The first kappa shape index (κ1) is 8.29. The van der Waals surface area contributed by atoms with Crippen LogP contribution in [-0.4, -0.2) is 18.1 Å². The molecule has 0 bridgehead atoms. The summed E-state index contributed by atoms with van der Waals surface area (Å²) in [5.74, 6) is 1.23. The molecule has 4 heteroatoms. The van der Waals surface area contributed by atoms with Crippen molar-refractivity contribution >= 4 is 5.97 Å². The Bertz CT molecular complexity index is 339. The number of hydrogen-bond donors (Lipinski definition) is 0. The summed E-state index contributed by atoms with van der Waals surface area (Å²) in [6.45, 7) is 1.73. The second kappa shape index (κ2) is 2.87. The van der Waals surface area contributed by atoms with Gasteiger partial charge in [0.15, 0.2) is 11.6 Å². The number of ether oxygens (including phenoxy) is 1. The van der Waals surface area contributed by atoms with E-state index in [0.29, 0.717) is 23.3 Å². The zero-order chi connectivity index (χ0) is 9.42. The van der Waals surface area contributed by atoms with E-state index >= 15 is 0 Å². The summed E-state index contributed by atoms with van der Waals surface area (Å²) in [4.78, 5) is 15.2. The van der Waals surface area contributed by atoms with Crippen molar-refractivity contribution in [1.82, 2.24) is 4.98 Å². The molecule has 1 heterocycles. The second-order valence-electron chi connectivity index (χ2n) is 3.22. The van der Waals surface area contributed by atoms with Gasteiger partial charge in [0.1, 0.15) is 5.76 Å². The third-order valence-corrected chi connectivity index (χ3v) is 2.12. The third kappa shape index (κ3) is 1.43. The molecule has 2 rings (SSSR count). The second-order valence-corrected chi connectivity index (χ2v) is 3.22. The van der Waals surface area contributed by atoms with Crippen LogP contribution < -0.4 is 0 Å². The molecule has 0 spiro atoms. The first-order valence-corrected chi connectivity index (χ1v) is 4.28. The maximum atomic E-state index is 11.1. The number of oxazole rings is 1. The van der Waals surface area contributed by atoms with Crippen LogP contribution in [-0.2, 0) is 4.74 Å². The fourth-order valence-electron chi connectivity index (χ4n) is 1.21. The van der Waals surface area contributed by atoms with Gasteiger partial charge in [-0.05, 0) is 19.8 Å². The first-order chi connectivity index (χ1) is 6.22. The van der Waals surface area contributed by atoms with Crippen LogP contribution in [0, 0.1) is 6.92 Å². The van der Waals surface area contributed by atoms with Crippen molar-refractivity contribution in [2.45, 2.75) is 25.7 Å². The van der Waals surface area contributed by atoms with Crippen LogP contribution in [0.5, 0.6) is 0 Å². The summed E-state index contributed by atoms with van der Waals surface area (Å²) in [5, 5.41) is 0. The number of aryl methyl sites for hydroxylation is 1. The van der Waals surface area contributed by atoms with E-state index < -0.39 is 5.97 Å². The Morgan fingerprint density at radius 1 is 1.62 bits per heavy atom. The molecule has 0 unspecified atom stereocenters. The number of carbonyl (C=O) groups is 1. The molecule has 1 fully saturated rings. The SMILES string of the molecule is COC(=O)c1nc(C2CC2)oc1C. The topological polar surface area (TPSA) is 52.3 Å². The number of methoxy groups -OCH3 is 1. The molecule has 1 aliphatic rings. The van der Waals surface area contributed by atoms with Crippen molar-refractivity contribution in [3.8, 4) is 0 Å². The maximum Gasteiger partial charge on any atom is 0.360 e. The van der Waals surface area contributed by atoms with Gasteiger partial charge in [0.2, 0.25) is 0 Å². The summed E-state index contributed by atoms with van der Waals surface area (Å²) >= 11 is 0. The largest absolute Gasteiger partial charge is 0.464 e. The van der Waals surface area contributed by atoms with E-state index in [-0.39, 0.29) is 0 Å². The molecular weight excluding hydrogens is 170 g/mol. The first-order valence-electron chi connectivity index (χ1n) is 4.28. The standard InChI is InChI=1S/C9H11NO3/c1-5-7(9(11)12-2)10-8(13-5)6-3-4-6/h6H,3-4H2,1-2H3. The van der Waals surface area contributed by atoms with Gasteiger partial charge in [-0.2, -0.15) is 0 Å². The molecule has 0 radical (unpaired) electrons. The predicted molar refractivity (Wildman–Crippen MR) is 44.6 cm³/mol. The van der Waals surface area contributed by atoms with Crippen LogP contribution in [0.1, 0.15) is 40.9 Å². The predicted octanol–water partition coefficient (Wildman–Crippen LogP) is 1.65. The molecule has 1 aromatic rings. The zero-order valence-corrected chi connectivity index (χ0v) is 7.66. The van der Waals surface area contributed by atoms with E-state index in [1.807, 2.05) is 0 Å². The number of nitrogens with zero attached hydrogens (tertiary/aromatic N) is 1. The lowest BCUT2D eigenvalue weighted by Crippen LogP contribution is -2.03. The number of aromatic nitrogens is 1. The molecule has 0 aromatic carbocycles. The van der Waals surface area contributed by atoms with Crippen LogP contribution in [0.4, 0.5) is 0 Å². The molecule has 0 aliphatic heterocycles. The average molecular weight is 181 g/mol. The quantitative estimate of drug-likeness (QED) is 0.651. The Hall–Kier alpha value is -1.32. The minimum atomic E-state index is -0.423. The molecule has 0 N–H and O–H groups in total. The minimum absolute atomic E-state index is 0.310. The summed E-state index contributed by atoms with van der Waals surface area (Å²) in [7, 11) is 1.34. The molecular formula is C9H11NO3. The van der Waals surface area contributed by atoms with Gasteiger partial charge >= 0.3 is 5.97 Å². The normalized spacial score (nSPS) is 15.8. The number of rotatable bonds is 2. The van der Waals surface area contributed by atoms with Crippen molar-refractivity contribution in [3.63, 3.8) is 0 Å². The highest BCUT2D eigenvalue weighted by Crippen LogP contribution is 2.40. The Labute approximate surface area is 75.9 Å². The van der Waals surface area contributed by atoms with Crippen molar-refractivity contribution in [3.05, 3.63) is 17.3 Å². The van der Waals surface area contributed by atoms with E-state index in [1.165, 1.54) is 7.11 Å². The van der Waals surface area contributed by atoms with Crippen LogP contribution in [0.15, 0.2) is 4.42 Å². The minimum Gasteiger partial charge on any atom is -0.464 e. The van der Waals surface area contributed by atoms with Gasteiger partial charge in [0, 0.05) is 5.92 Å². The van der Waals surface area contributed by atoms with Crippen molar-refractivity contribution < 1.29 is 13.9 Å². The highest BCUT2D eigenvalue weighted by Gasteiger charge is 2.30. The summed E-state index contributed by atoms with van der Waals surface area (Å²) in [6, 6.07) is 0. The number of esters is 1. The summed E-state index contributed by atoms with van der Waals surface area (Å²) < 4.78 is 9.92. The zero-order valence-electron chi connectivity index (χ0n) is 7.66. The molecule has 70 valence electrons. The van der Waals surface area contributed by atoms with Crippen LogP contribution in [0.25, 0.3) is 0 Å². The van der Waals surface area contributed by atoms with E-state index in [0.717, 1.165) is 12.8 Å². The Morgan fingerprint density at radius 2 is 2.31 bits per heavy atom. The molecule has 1 aromatic heterocycles. The average Bonchev–Trinajstić information content (AvgIpc) is 2.89. The van der Waals surface area contributed by atoms with Gasteiger partial charge in [-0.3, -0.25) is 0 Å². The smallest absolute Gasteiger partial charge is 0.360 e. The number of carbonyl (C=O) groups excluding carboxylic acids is 1. The molecule has 0 amide bonds. The van der Waals surface area contributed by atoms with Crippen LogP contribution in [0.3, 0.4) is 0 Å². The van der Waals surface area contributed by atoms with Gasteiger partial charge < -0.3 is 9.15 Å². The van der Waals surface area contributed by atoms with Crippen LogP contribution >= 0.6 is 0 Å². The van der Waals surface area contributed by atoms with E-state index in [1.54, 1.807) is 6.92 Å².